The highest BCUT2D eigenvalue weighted by atomic mass is 79.9. The van der Waals surface area contributed by atoms with Gasteiger partial charge in [-0.15, -0.1) is 11.3 Å². The lowest BCUT2D eigenvalue weighted by atomic mass is 10.2. The van der Waals surface area contributed by atoms with Gasteiger partial charge in [0.05, 0.1) is 0 Å². The van der Waals surface area contributed by atoms with Gasteiger partial charge in [0.1, 0.15) is 0 Å². The van der Waals surface area contributed by atoms with Crippen LogP contribution in [0.25, 0.3) is 0 Å². The molecule has 0 aliphatic heterocycles. The summed E-state index contributed by atoms with van der Waals surface area (Å²) in [5.74, 6) is 0. The summed E-state index contributed by atoms with van der Waals surface area (Å²) in [6.07, 6.45) is 1.82. The van der Waals surface area contributed by atoms with Crippen molar-refractivity contribution in [3.8, 4) is 0 Å². The maximum Gasteiger partial charge on any atom is 0.154 e. The summed E-state index contributed by atoms with van der Waals surface area (Å²) in [5.41, 5.74) is 6.71. The number of thiazole rings is 1. The first-order chi connectivity index (χ1) is 7.29. The minimum atomic E-state index is 0.558. The second-order valence-electron chi connectivity index (χ2n) is 2.86. The van der Waals surface area contributed by atoms with Crippen molar-refractivity contribution in [3.63, 3.8) is 0 Å². The molecular weight excluding hydrogens is 292 g/mol. The quantitative estimate of drug-likeness (QED) is 0.943. The van der Waals surface area contributed by atoms with Gasteiger partial charge in [-0.2, -0.15) is 0 Å². The van der Waals surface area contributed by atoms with Gasteiger partial charge in [0.2, 0.25) is 0 Å². The smallest absolute Gasteiger partial charge is 0.154 e. The van der Waals surface area contributed by atoms with Crippen molar-refractivity contribution in [2.45, 2.75) is 15.8 Å². The fraction of sp³-hybridized carbons (Fsp3) is 0.100. The molecule has 78 valence electrons. The normalized spacial score (nSPS) is 10.5. The van der Waals surface area contributed by atoms with E-state index in [2.05, 4.69) is 33.0 Å². The van der Waals surface area contributed by atoms with Crippen LogP contribution in [0.2, 0.25) is 0 Å². The first-order valence-corrected chi connectivity index (χ1v) is 6.84. The summed E-state index contributed by atoms with van der Waals surface area (Å²) in [6.45, 7) is 0.558. The fourth-order valence-corrected chi connectivity index (χ4v) is 3.45. The monoisotopic (exact) mass is 300 g/mol. The molecule has 1 aromatic carbocycles. The molecule has 15 heavy (non-hydrogen) atoms. The molecule has 2 rings (SSSR count). The fourth-order valence-electron chi connectivity index (χ4n) is 1.12. The molecule has 0 aliphatic carbocycles. The molecule has 2 nitrogen and oxygen atoms in total. The zero-order chi connectivity index (χ0) is 10.7. The molecule has 1 aromatic heterocycles. The van der Waals surface area contributed by atoms with Crippen molar-refractivity contribution in [3.05, 3.63) is 39.8 Å². The highest BCUT2D eigenvalue weighted by molar-refractivity contribution is 9.10. The zero-order valence-corrected chi connectivity index (χ0v) is 11.0. The highest BCUT2D eigenvalue weighted by Crippen LogP contribution is 2.31. The number of nitrogens with two attached hydrogens (primary N) is 1. The van der Waals surface area contributed by atoms with Gasteiger partial charge >= 0.3 is 0 Å². The Morgan fingerprint density at radius 1 is 1.47 bits per heavy atom. The maximum atomic E-state index is 5.59. The number of rotatable bonds is 3. The molecule has 1 heterocycles. The van der Waals surface area contributed by atoms with E-state index in [1.54, 1.807) is 23.1 Å². The van der Waals surface area contributed by atoms with Gasteiger partial charge < -0.3 is 5.73 Å². The molecule has 0 saturated carbocycles. The van der Waals surface area contributed by atoms with Crippen LogP contribution in [0.4, 0.5) is 0 Å². The maximum absolute atomic E-state index is 5.59. The number of hydrogen-bond donors (Lipinski definition) is 1. The Hall–Kier alpha value is -0.360. The molecular formula is C10H9BrN2S2. The summed E-state index contributed by atoms with van der Waals surface area (Å²) in [4.78, 5) is 5.40. The molecule has 0 bridgehead atoms. The summed E-state index contributed by atoms with van der Waals surface area (Å²) < 4.78 is 2.12. The number of nitrogens with zero attached hydrogens (tertiary/aromatic N) is 1. The van der Waals surface area contributed by atoms with E-state index in [-0.39, 0.29) is 0 Å². The van der Waals surface area contributed by atoms with Crippen LogP contribution in [0.1, 0.15) is 5.56 Å². The third-order valence-electron chi connectivity index (χ3n) is 1.86. The van der Waals surface area contributed by atoms with Gasteiger partial charge in [0, 0.05) is 27.5 Å². The number of aromatic nitrogens is 1. The van der Waals surface area contributed by atoms with Crippen LogP contribution in [0.15, 0.2) is 43.5 Å². The van der Waals surface area contributed by atoms with Crippen molar-refractivity contribution < 1.29 is 0 Å². The first-order valence-electron chi connectivity index (χ1n) is 4.35. The molecule has 0 unspecified atom stereocenters. The van der Waals surface area contributed by atoms with E-state index >= 15 is 0 Å². The van der Waals surface area contributed by atoms with Crippen molar-refractivity contribution in [2.75, 3.05) is 0 Å². The van der Waals surface area contributed by atoms with E-state index < -0.39 is 0 Å². The van der Waals surface area contributed by atoms with Crippen molar-refractivity contribution in [2.24, 2.45) is 5.73 Å². The van der Waals surface area contributed by atoms with Crippen LogP contribution < -0.4 is 5.73 Å². The number of halogens is 1. The Kier molecular flexibility index (Phi) is 3.80. The lowest BCUT2D eigenvalue weighted by molar-refractivity contribution is 1.05. The topological polar surface area (TPSA) is 38.9 Å². The SMILES string of the molecule is NCc1ccc(Sc2nccs2)cc1Br. The van der Waals surface area contributed by atoms with Gasteiger partial charge in [0.15, 0.2) is 4.34 Å². The van der Waals surface area contributed by atoms with E-state index in [0.717, 1.165) is 14.4 Å². The summed E-state index contributed by atoms with van der Waals surface area (Å²) in [7, 11) is 0. The van der Waals surface area contributed by atoms with Gasteiger partial charge in [-0.05, 0) is 17.7 Å². The molecule has 5 heteroatoms. The summed E-state index contributed by atoms with van der Waals surface area (Å²) in [5, 5.41) is 1.98. The van der Waals surface area contributed by atoms with Crippen molar-refractivity contribution in [1.82, 2.24) is 4.98 Å². The minimum Gasteiger partial charge on any atom is -0.326 e. The molecule has 0 aliphatic rings. The largest absolute Gasteiger partial charge is 0.326 e. The van der Waals surface area contributed by atoms with Crippen LogP contribution in [0.3, 0.4) is 0 Å². The van der Waals surface area contributed by atoms with E-state index in [0.29, 0.717) is 6.54 Å². The molecule has 2 aromatic rings. The molecule has 0 saturated heterocycles. The Morgan fingerprint density at radius 3 is 2.93 bits per heavy atom. The van der Waals surface area contributed by atoms with E-state index in [1.165, 1.54) is 4.90 Å². The molecule has 0 atom stereocenters. The molecule has 2 N–H and O–H groups in total. The van der Waals surface area contributed by atoms with Gasteiger partial charge in [-0.3, -0.25) is 0 Å². The second-order valence-corrected chi connectivity index (χ2v) is 5.93. The average Bonchev–Trinajstić information content (AvgIpc) is 2.71. The molecule has 0 radical (unpaired) electrons. The highest BCUT2D eigenvalue weighted by Gasteiger charge is 2.03. The Balaban J connectivity index is 2.20. The predicted molar refractivity (Wildman–Crippen MR) is 68.3 cm³/mol. The molecule has 0 fully saturated rings. The van der Waals surface area contributed by atoms with E-state index in [4.69, 9.17) is 5.73 Å². The van der Waals surface area contributed by atoms with Gasteiger partial charge in [-0.25, -0.2) is 4.98 Å². The first kappa shape index (κ1) is 11.1. The summed E-state index contributed by atoms with van der Waals surface area (Å²) >= 11 is 6.81. The van der Waals surface area contributed by atoms with Crippen molar-refractivity contribution in [1.29, 1.82) is 0 Å². The van der Waals surface area contributed by atoms with Crippen molar-refractivity contribution >= 4 is 39.0 Å². The second kappa shape index (κ2) is 5.12. The van der Waals surface area contributed by atoms with Crippen LogP contribution in [0.5, 0.6) is 0 Å². The van der Waals surface area contributed by atoms with Crippen LogP contribution in [-0.4, -0.2) is 4.98 Å². The minimum absolute atomic E-state index is 0.558. The third-order valence-corrected chi connectivity index (χ3v) is 4.47. The molecule has 0 spiro atoms. The number of hydrogen-bond acceptors (Lipinski definition) is 4. The Morgan fingerprint density at radius 2 is 2.33 bits per heavy atom. The number of benzene rings is 1. The van der Waals surface area contributed by atoms with Crippen LogP contribution in [0, 0.1) is 0 Å². The lowest BCUT2D eigenvalue weighted by Crippen LogP contribution is -1.96. The third kappa shape index (κ3) is 2.81. The molecule has 0 amide bonds. The summed E-state index contributed by atoms with van der Waals surface area (Å²) in [6, 6.07) is 6.19. The van der Waals surface area contributed by atoms with E-state index in [9.17, 15) is 0 Å². The predicted octanol–water partition coefficient (Wildman–Crippen LogP) is 3.52. The standard InChI is InChI=1S/C10H9BrN2S2/c11-9-5-8(2-1-7(9)6-12)15-10-13-3-4-14-10/h1-5H,6,12H2. The van der Waals surface area contributed by atoms with Crippen LogP contribution >= 0.6 is 39.0 Å². The zero-order valence-electron chi connectivity index (χ0n) is 7.81. The van der Waals surface area contributed by atoms with E-state index in [1.807, 2.05) is 17.6 Å². The Labute approximate surface area is 105 Å². The lowest BCUT2D eigenvalue weighted by Gasteiger charge is -2.03. The Bertz CT molecular complexity index is 443. The van der Waals surface area contributed by atoms with Gasteiger partial charge in [-0.1, -0.05) is 33.8 Å². The average molecular weight is 301 g/mol. The van der Waals surface area contributed by atoms with Gasteiger partial charge in [0.25, 0.3) is 0 Å². The van der Waals surface area contributed by atoms with Crippen LogP contribution in [-0.2, 0) is 6.54 Å².